The molecule has 0 radical (unpaired) electrons. The molecule has 7 amide bonds. The Morgan fingerprint density at radius 3 is 2.03 bits per heavy atom. The van der Waals surface area contributed by atoms with Crippen LogP contribution in [0.15, 0.2) is 156 Å². The van der Waals surface area contributed by atoms with Gasteiger partial charge in [0, 0.05) is 119 Å². The summed E-state index contributed by atoms with van der Waals surface area (Å²) in [5.74, 6) is -5.20. The fraction of sp³-hybridized carbons (Fsp3) is 0.284. The number of thiazole rings is 1. The first-order valence-electron chi connectivity index (χ1n) is 33.4. The van der Waals surface area contributed by atoms with E-state index in [1.807, 2.05) is 42.5 Å². The topological polar surface area (TPSA) is 346 Å². The molecular formula is C74H71N11O17S2. The number of oxime groups is 1. The maximum Gasteiger partial charge on any atom is 0.410 e. The first-order chi connectivity index (χ1) is 50.3. The lowest BCUT2D eigenvalue weighted by molar-refractivity contribution is -0.311. The lowest BCUT2D eigenvalue weighted by Gasteiger charge is -2.52. The molecule has 3 unspecified atom stereocenters. The van der Waals surface area contributed by atoms with Crippen molar-refractivity contribution in [1.29, 1.82) is 0 Å². The molecule has 0 saturated carbocycles. The van der Waals surface area contributed by atoms with Crippen molar-refractivity contribution in [2.45, 2.75) is 45.2 Å². The number of nitrogens with one attached hydrogen (secondary N) is 4. The Hall–Kier alpha value is -11.9. The average molecular weight is 1450 g/mol. The average Bonchev–Trinajstić information content (AvgIpc) is 0.765. The Morgan fingerprint density at radius 2 is 1.35 bits per heavy atom. The van der Waals surface area contributed by atoms with Gasteiger partial charge in [-0.2, -0.15) is 0 Å². The molecule has 3 atom stereocenters. The van der Waals surface area contributed by atoms with Crippen molar-refractivity contribution in [2.24, 2.45) is 5.16 Å². The Kier molecular flexibility index (Phi) is 21.8. The van der Waals surface area contributed by atoms with E-state index in [0.717, 1.165) is 94.4 Å². The fourth-order valence-corrected chi connectivity index (χ4v) is 14.8. The zero-order valence-corrected chi connectivity index (χ0v) is 58.9. The molecule has 6 heterocycles. The van der Waals surface area contributed by atoms with Gasteiger partial charge in [0.05, 0.1) is 43.8 Å². The molecule has 4 aromatic carbocycles. The number of anilines is 2. The Labute approximate surface area is 602 Å². The molecule has 0 spiro atoms. The summed E-state index contributed by atoms with van der Waals surface area (Å²) in [7, 11) is 2.44. The third kappa shape index (κ3) is 14.9. The molecule has 12 rings (SSSR count). The molecule has 28 nitrogen and oxygen atoms in total. The summed E-state index contributed by atoms with van der Waals surface area (Å²) >= 11 is 1.90. The molecule has 7 aliphatic rings. The fourth-order valence-electron chi connectivity index (χ4n) is 12.9. The first kappa shape index (κ1) is 71.9. The summed E-state index contributed by atoms with van der Waals surface area (Å²) in [6.07, 6.45) is -0.764. The molecule has 2 fully saturated rings. The predicted octanol–water partition coefficient (Wildman–Crippen LogP) is 5.58. The maximum atomic E-state index is 14.7. The number of carbonyl (C=O) groups excluding carboxylic acids is 9. The highest BCUT2D eigenvalue weighted by atomic mass is 32.2. The summed E-state index contributed by atoms with van der Waals surface area (Å²) in [4.78, 5) is 148. The van der Waals surface area contributed by atoms with Crippen molar-refractivity contribution < 1.29 is 76.1 Å². The standard InChI is InChI=1S/C74H71N11O17S2/c1-7-81(8-2)42-19-23-50-55(31-42)101-56-32-43(82(9-3)10-4)20-24-51(56)62(50)46-15-11-13-17-48(46)68(91)83-27-29-84(30-28-83)74(96)100-37-41-39-103-70-65(69(92)85(70)66(41)71(93)94)79-67(90)64(80-98-6)54-40-104-73(77-54)78-60(88)36-75-59(87)35-76-61(89)38-99-45-22-26-53-58(34-45)102-57-33-44(86)21-25-52(57)63(53)47-16-12-14-18-49(47)72(95)97-5/h11-26,31-34,39-40,65-66,70H,7-10,27-30,35-38H2,1-6H3,(H4-,75,76,77,78,79,87,88,89,90,93,94)/b80-64-. The summed E-state index contributed by atoms with van der Waals surface area (Å²) in [5.41, 5.74) is 6.10. The lowest BCUT2D eigenvalue weighted by atomic mass is 9.90. The maximum absolute atomic E-state index is 14.7. The quantitative estimate of drug-likeness (QED) is 0.0143. The smallest absolute Gasteiger partial charge is 0.410 e. The van der Waals surface area contributed by atoms with Gasteiger partial charge >= 0.3 is 12.1 Å². The number of aromatic nitrogens is 1. The van der Waals surface area contributed by atoms with Gasteiger partial charge in [-0.25, -0.2) is 19.1 Å². The van der Waals surface area contributed by atoms with E-state index >= 15 is 0 Å². The van der Waals surface area contributed by atoms with E-state index in [4.69, 9.17) is 27.9 Å². The summed E-state index contributed by atoms with van der Waals surface area (Å²) in [6.45, 7) is 10.1. The number of carboxylic acids is 1. The van der Waals surface area contributed by atoms with E-state index in [9.17, 15) is 53.1 Å². The monoisotopic (exact) mass is 1450 g/mol. The number of methoxy groups -OCH3 is 1. The molecule has 4 N–H and O–H groups in total. The minimum absolute atomic E-state index is 0.0231. The molecule has 30 heteroatoms. The van der Waals surface area contributed by atoms with Crippen LogP contribution < -0.4 is 51.4 Å². The van der Waals surface area contributed by atoms with Gasteiger partial charge in [0.15, 0.2) is 22.9 Å². The number of ether oxygens (including phenoxy) is 3. The molecule has 5 aliphatic heterocycles. The number of rotatable bonds is 24. The second-order valence-corrected chi connectivity index (χ2v) is 25.9. The number of fused-ring (bicyclic) bond motifs is 5. The number of piperazine rings is 1. The zero-order valence-electron chi connectivity index (χ0n) is 57.3. The van der Waals surface area contributed by atoms with Crippen molar-refractivity contribution in [2.75, 3.05) is 103 Å². The lowest BCUT2D eigenvalue weighted by Crippen LogP contribution is -2.75. The highest BCUT2D eigenvalue weighted by molar-refractivity contribution is 8.03. The predicted molar refractivity (Wildman–Crippen MR) is 386 cm³/mol. The van der Waals surface area contributed by atoms with E-state index in [1.165, 1.54) is 41.0 Å². The van der Waals surface area contributed by atoms with Gasteiger partial charge in [-0.1, -0.05) is 41.6 Å². The molecule has 5 aromatic rings. The van der Waals surface area contributed by atoms with Crippen LogP contribution in [-0.4, -0.2) is 189 Å². The van der Waals surface area contributed by atoms with Gasteiger partial charge in [0.1, 0.15) is 72.4 Å². The van der Waals surface area contributed by atoms with E-state index in [2.05, 4.69) is 80.7 Å². The summed E-state index contributed by atoms with van der Waals surface area (Å²) in [5, 5.41) is 30.7. The summed E-state index contributed by atoms with van der Waals surface area (Å²) < 4.78 is 31.4. The number of thioether (sulfide) groups is 1. The number of hydrogen-bond donors (Lipinski definition) is 4. The zero-order chi connectivity index (χ0) is 73.5. The van der Waals surface area contributed by atoms with Crippen molar-refractivity contribution in [3.8, 4) is 50.7 Å². The molecular weight excluding hydrogens is 1380 g/mol. The van der Waals surface area contributed by atoms with Crippen LogP contribution in [0.2, 0.25) is 0 Å². The van der Waals surface area contributed by atoms with Gasteiger partial charge in [0.2, 0.25) is 23.1 Å². The van der Waals surface area contributed by atoms with Gasteiger partial charge in [-0.3, -0.25) is 33.6 Å². The third-order valence-electron chi connectivity index (χ3n) is 18.1. The number of aliphatic carboxylic acids is 1. The third-order valence-corrected chi connectivity index (χ3v) is 20.0. The van der Waals surface area contributed by atoms with Gasteiger partial charge in [0.25, 0.3) is 17.7 Å². The Morgan fingerprint density at radius 1 is 0.712 bits per heavy atom. The summed E-state index contributed by atoms with van der Waals surface area (Å²) in [6, 6.07) is 32.8. The molecule has 1 aromatic heterocycles. The Bertz CT molecular complexity index is 5030. The number of carbonyl (C=O) groups is 9. The van der Waals surface area contributed by atoms with Crippen LogP contribution in [0.25, 0.3) is 66.8 Å². The number of hydrogen-bond acceptors (Lipinski definition) is 22. The highest BCUT2D eigenvalue weighted by Crippen LogP contribution is 2.45. The highest BCUT2D eigenvalue weighted by Gasteiger charge is 2.55. The number of carboxylic acid groups (broad SMARTS) is 1. The van der Waals surface area contributed by atoms with Crippen LogP contribution in [0.4, 0.5) is 15.6 Å². The van der Waals surface area contributed by atoms with Crippen LogP contribution >= 0.6 is 23.1 Å². The normalized spacial score (nSPS) is 15.7. The molecule has 0 bridgehead atoms. The van der Waals surface area contributed by atoms with Crippen LogP contribution in [0.1, 0.15) is 54.1 Å². The number of benzene rings is 6. The molecule has 536 valence electrons. The minimum Gasteiger partial charge on any atom is -0.548 e. The van der Waals surface area contributed by atoms with E-state index in [1.54, 1.807) is 53.4 Å². The van der Waals surface area contributed by atoms with Gasteiger partial charge in [-0.05, 0) is 98.8 Å². The van der Waals surface area contributed by atoms with E-state index < -0.39 is 97.0 Å². The van der Waals surface area contributed by atoms with Crippen LogP contribution in [-0.2, 0) is 43.1 Å². The minimum atomic E-state index is -1.66. The van der Waals surface area contributed by atoms with Gasteiger partial charge in [-0.15, -0.1) is 23.1 Å². The number of amides is 7. The number of nitrogens with zero attached hydrogens (tertiary/aromatic N) is 7. The largest absolute Gasteiger partial charge is 0.548 e. The van der Waals surface area contributed by atoms with E-state index in [0.29, 0.717) is 39.0 Å². The van der Waals surface area contributed by atoms with Crippen LogP contribution in [0.3, 0.4) is 0 Å². The first-order valence-corrected chi connectivity index (χ1v) is 35.2. The molecule has 2 saturated heterocycles. The van der Waals surface area contributed by atoms with Crippen LogP contribution in [0.5, 0.6) is 5.75 Å². The van der Waals surface area contributed by atoms with Crippen molar-refractivity contribution >= 4 is 115 Å². The molecule has 2 aliphatic carbocycles. The number of β-lactam (4-membered cyclic amide) rings is 1. The number of esters is 1. The second-order valence-electron chi connectivity index (χ2n) is 24.1. The van der Waals surface area contributed by atoms with E-state index in [-0.39, 0.29) is 76.6 Å². The van der Waals surface area contributed by atoms with Crippen molar-refractivity contribution in [3.05, 3.63) is 170 Å². The van der Waals surface area contributed by atoms with Crippen molar-refractivity contribution in [1.82, 2.24) is 40.2 Å². The Balaban J connectivity index is 0.610. The molecule has 104 heavy (non-hydrogen) atoms. The van der Waals surface area contributed by atoms with Crippen LogP contribution in [0, 0.1) is 0 Å². The second kappa shape index (κ2) is 31.5. The van der Waals surface area contributed by atoms with Crippen molar-refractivity contribution in [3.63, 3.8) is 0 Å². The van der Waals surface area contributed by atoms with Gasteiger partial charge < -0.3 is 78.7 Å². The SMILES string of the molecule is CCN(CC)c1ccc2c(-c3ccccc3C(=O)N3CCN(C(=O)OCC4=CSC5C(NC(=O)/C(=N\OC)c6csc(NC(=O)CNC(=O)CNC(=O)COc7ccc8c(-c9ccccc9C(=O)OC)c9ccc(=O)cc-9oc8c7)n6)C(=O)N5C4C(=O)[O-])CC3)c3ccc(=[N+](CC)CC)cc-3oc2c1.